The van der Waals surface area contributed by atoms with E-state index in [-0.39, 0.29) is 53.2 Å². The molecule has 4 rings (SSSR count). The summed E-state index contributed by atoms with van der Waals surface area (Å²) in [5.41, 5.74) is -0.506. The number of aliphatic hydroxyl groups excluding tert-OH is 1. The third kappa shape index (κ3) is 7.89. The van der Waals surface area contributed by atoms with Crippen LogP contribution >= 0.6 is 0 Å². The molecule has 1 aliphatic rings. The Balaban J connectivity index is 1.58. The Kier molecular flexibility index (Phi) is 10.5. The van der Waals surface area contributed by atoms with Crippen LogP contribution in [0.1, 0.15) is 29.8 Å². The second-order valence-corrected chi connectivity index (χ2v) is 13.0. The molecule has 3 aromatic carbocycles. The Labute approximate surface area is 265 Å². The van der Waals surface area contributed by atoms with Crippen molar-refractivity contribution >= 4 is 33.3 Å². The van der Waals surface area contributed by atoms with E-state index in [0.29, 0.717) is 5.75 Å². The second kappa shape index (κ2) is 14.0. The maximum absolute atomic E-state index is 13.7. The molecule has 1 aliphatic heterocycles. The van der Waals surface area contributed by atoms with Gasteiger partial charge >= 0.3 is 12.2 Å². The topological polar surface area (TPSA) is 138 Å². The van der Waals surface area contributed by atoms with Gasteiger partial charge in [-0.05, 0) is 73.7 Å². The van der Waals surface area contributed by atoms with Gasteiger partial charge in [-0.25, -0.2) is 13.2 Å². The lowest BCUT2D eigenvalue weighted by molar-refractivity contribution is -0.137. The molecule has 3 N–H and O–H groups in total. The summed E-state index contributed by atoms with van der Waals surface area (Å²) < 4.78 is 77.8. The number of likely N-dealkylation sites (N-methyl/N-ethyl adjacent to an activating group) is 1. The van der Waals surface area contributed by atoms with Gasteiger partial charge in [0.05, 0.1) is 42.3 Å². The summed E-state index contributed by atoms with van der Waals surface area (Å²) >= 11 is 0. The number of fused-ring (bicyclic) bond motifs is 1. The van der Waals surface area contributed by atoms with Crippen LogP contribution in [-0.2, 0) is 16.2 Å². The van der Waals surface area contributed by atoms with Crippen LogP contribution in [0.15, 0.2) is 71.6 Å². The highest BCUT2D eigenvalue weighted by molar-refractivity contribution is 7.89. The highest BCUT2D eigenvalue weighted by atomic mass is 32.2. The molecule has 11 nitrogen and oxygen atoms in total. The van der Waals surface area contributed by atoms with Gasteiger partial charge in [-0.3, -0.25) is 4.79 Å². The average Bonchev–Trinajstić information content (AvgIpc) is 3.02. The number of alkyl halides is 3. The number of hydrogen-bond acceptors (Lipinski definition) is 7. The Bertz CT molecular complexity index is 1650. The van der Waals surface area contributed by atoms with Gasteiger partial charge in [0, 0.05) is 30.9 Å². The minimum absolute atomic E-state index is 0.0604. The fourth-order valence-corrected chi connectivity index (χ4v) is 6.02. The van der Waals surface area contributed by atoms with Crippen LogP contribution in [0.5, 0.6) is 11.5 Å². The first-order chi connectivity index (χ1) is 21.6. The number of amides is 3. The van der Waals surface area contributed by atoms with E-state index in [1.807, 2.05) is 6.92 Å². The van der Waals surface area contributed by atoms with E-state index in [9.17, 15) is 36.3 Å². The normalized spacial score (nSPS) is 17.8. The maximum Gasteiger partial charge on any atom is 0.416 e. The van der Waals surface area contributed by atoms with E-state index >= 15 is 0 Å². The van der Waals surface area contributed by atoms with Crippen LogP contribution in [0, 0.1) is 5.92 Å². The van der Waals surface area contributed by atoms with Gasteiger partial charge in [0.1, 0.15) is 17.6 Å². The number of urea groups is 1. The first kappa shape index (κ1) is 34.5. The van der Waals surface area contributed by atoms with E-state index in [1.54, 1.807) is 19.1 Å². The summed E-state index contributed by atoms with van der Waals surface area (Å²) in [7, 11) is -1.02. The summed E-state index contributed by atoms with van der Waals surface area (Å²) in [4.78, 5) is 27.9. The lowest BCUT2D eigenvalue weighted by Crippen LogP contribution is -2.50. The predicted molar refractivity (Wildman–Crippen MR) is 165 cm³/mol. The number of anilines is 2. The molecule has 0 fully saturated rings. The quantitative estimate of drug-likeness (QED) is 0.296. The molecule has 0 aliphatic carbocycles. The molecule has 0 saturated carbocycles. The van der Waals surface area contributed by atoms with E-state index in [0.717, 1.165) is 24.3 Å². The minimum Gasteiger partial charge on any atom is -0.497 e. The third-order valence-electron chi connectivity index (χ3n) is 7.60. The second-order valence-electron chi connectivity index (χ2n) is 10.9. The number of nitrogens with one attached hydrogen (secondary N) is 2. The lowest BCUT2D eigenvalue weighted by Gasteiger charge is -2.38. The Morgan fingerprint density at radius 2 is 1.70 bits per heavy atom. The van der Waals surface area contributed by atoms with Crippen molar-refractivity contribution in [1.29, 1.82) is 0 Å². The molecule has 15 heteroatoms. The molecule has 248 valence electrons. The van der Waals surface area contributed by atoms with Crippen molar-refractivity contribution in [3.8, 4) is 11.5 Å². The van der Waals surface area contributed by atoms with Crippen molar-refractivity contribution in [2.24, 2.45) is 5.92 Å². The molecule has 3 amide bonds. The number of carbonyl (C=O) groups excluding carboxylic acids is 2. The van der Waals surface area contributed by atoms with Crippen molar-refractivity contribution < 1.29 is 45.8 Å². The van der Waals surface area contributed by atoms with Crippen LogP contribution in [-0.4, -0.2) is 80.7 Å². The SMILES string of the molecule is COc1ccc(S(=O)(=O)N(C)C[C@H]2Oc3ccc(NC(=O)Nc4ccc(C(F)(F)F)cc4)cc3C(=O)N([C@H](C)CO)C[C@@H]2C)cc1. The van der Waals surface area contributed by atoms with Crippen molar-refractivity contribution in [3.05, 3.63) is 77.9 Å². The molecule has 3 aromatic rings. The monoisotopic (exact) mass is 664 g/mol. The van der Waals surface area contributed by atoms with Crippen molar-refractivity contribution in [2.75, 3.05) is 44.5 Å². The van der Waals surface area contributed by atoms with E-state index in [4.69, 9.17) is 9.47 Å². The summed E-state index contributed by atoms with van der Waals surface area (Å²) in [6.07, 6.45) is -5.24. The zero-order valence-electron chi connectivity index (χ0n) is 25.5. The molecule has 0 unspecified atom stereocenters. The Morgan fingerprint density at radius 1 is 1.09 bits per heavy atom. The van der Waals surface area contributed by atoms with Crippen molar-refractivity contribution in [1.82, 2.24) is 9.21 Å². The zero-order valence-corrected chi connectivity index (χ0v) is 26.4. The van der Waals surface area contributed by atoms with Gasteiger partial charge in [-0.1, -0.05) is 6.92 Å². The van der Waals surface area contributed by atoms with Crippen LogP contribution < -0.4 is 20.1 Å². The van der Waals surface area contributed by atoms with Gasteiger partial charge in [-0.2, -0.15) is 17.5 Å². The summed E-state index contributed by atoms with van der Waals surface area (Å²) in [5.74, 6) is -0.204. The van der Waals surface area contributed by atoms with Crippen LogP contribution in [0.2, 0.25) is 0 Å². The highest BCUT2D eigenvalue weighted by Gasteiger charge is 2.35. The van der Waals surface area contributed by atoms with Crippen LogP contribution in [0.3, 0.4) is 0 Å². The number of nitrogens with zero attached hydrogens (tertiary/aromatic N) is 2. The lowest BCUT2D eigenvalue weighted by atomic mass is 9.99. The number of aliphatic hydroxyl groups is 1. The fraction of sp³-hybridized carbons (Fsp3) is 0.355. The standard InChI is InChI=1S/C31H35F3N4O7S/c1-19-16-38(20(2)18-39)29(40)26-15-23(36-30(41)35-22-7-5-21(6-8-22)31(32,33)34)9-14-27(26)45-28(19)17-37(3)46(42,43)25-12-10-24(44-4)11-13-25/h5-15,19-20,28,39H,16-18H2,1-4H3,(H2,35,36,41)/t19-,20+,28+/m0/s1. The van der Waals surface area contributed by atoms with Crippen molar-refractivity contribution in [3.63, 3.8) is 0 Å². The molecule has 1 heterocycles. The maximum atomic E-state index is 13.7. The van der Waals surface area contributed by atoms with Gasteiger partial charge in [0.2, 0.25) is 10.0 Å². The number of hydrogen-bond donors (Lipinski definition) is 3. The average molecular weight is 665 g/mol. The molecular weight excluding hydrogens is 629 g/mol. The molecule has 0 saturated heterocycles. The summed E-state index contributed by atoms with van der Waals surface area (Å²) in [6, 6.07) is 12.8. The van der Waals surface area contributed by atoms with E-state index < -0.39 is 45.8 Å². The summed E-state index contributed by atoms with van der Waals surface area (Å²) in [6.45, 7) is 3.21. The molecular formula is C31H35F3N4O7S. The number of halogens is 3. The molecule has 0 spiro atoms. The predicted octanol–water partition coefficient (Wildman–Crippen LogP) is 4.90. The largest absolute Gasteiger partial charge is 0.497 e. The number of sulfonamides is 1. The molecule has 46 heavy (non-hydrogen) atoms. The minimum atomic E-state index is -4.52. The Morgan fingerprint density at radius 3 is 2.28 bits per heavy atom. The first-order valence-electron chi connectivity index (χ1n) is 14.2. The summed E-state index contributed by atoms with van der Waals surface area (Å²) in [5, 5.41) is 14.9. The van der Waals surface area contributed by atoms with E-state index in [2.05, 4.69) is 10.6 Å². The molecule has 3 atom stereocenters. The fourth-order valence-electron chi connectivity index (χ4n) is 4.83. The molecule has 0 aromatic heterocycles. The van der Waals surface area contributed by atoms with Gasteiger partial charge in [0.15, 0.2) is 0 Å². The van der Waals surface area contributed by atoms with Gasteiger partial charge in [0.25, 0.3) is 5.91 Å². The van der Waals surface area contributed by atoms with Gasteiger partial charge in [-0.15, -0.1) is 0 Å². The van der Waals surface area contributed by atoms with Crippen LogP contribution in [0.4, 0.5) is 29.3 Å². The number of ether oxygens (including phenoxy) is 2. The zero-order chi connectivity index (χ0) is 33.8. The van der Waals surface area contributed by atoms with E-state index in [1.165, 1.54) is 53.7 Å². The number of rotatable bonds is 9. The third-order valence-corrected chi connectivity index (χ3v) is 9.44. The smallest absolute Gasteiger partial charge is 0.416 e. The first-order valence-corrected chi connectivity index (χ1v) is 15.7. The van der Waals surface area contributed by atoms with Gasteiger partial charge < -0.3 is 30.1 Å². The number of methoxy groups -OCH3 is 1. The van der Waals surface area contributed by atoms with Crippen molar-refractivity contribution in [2.45, 2.75) is 37.1 Å². The molecule has 0 bridgehead atoms. The Hall–Kier alpha value is -4.34. The number of benzene rings is 3. The molecule has 0 radical (unpaired) electrons. The number of carbonyl (C=O) groups is 2. The highest BCUT2D eigenvalue weighted by Crippen LogP contribution is 2.32. The van der Waals surface area contributed by atoms with Crippen LogP contribution in [0.25, 0.3) is 0 Å².